The highest BCUT2D eigenvalue weighted by Gasteiger charge is 2.34. The fraction of sp³-hybridized carbons (Fsp3) is 0.261. The zero-order chi connectivity index (χ0) is 21.8. The van der Waals surface area contributed by atoms with Crippen molar-refractivity contribution in [3.63, 3.8) is 0 Å². The zero-order valence-electron chi connectivity index (χ0n) is 16.8. The molecule has 2 aliphatic rings. The molecule has 6 nitrogen and oxygen atoms in total. The molecule has 0 aromatic heterocycles. The maximum Gasteiger partial charge on any atom is 0.293 e. The van der Waals surface area contributed by atoms with E-state index in [2.05, 4.69) is 22.3 Å². The van der Waals surface area contributed by atoms with Gasteiger partial charge in [0.25, 0.3) is 11.1 Å². The van der Waals surface area contributed by atoms with Crippen LogP contribution in [0.3, 0.4) is 0 Å². The van der Waals surface area contributed by atoms with Gasteiger partial charge in [0.1, 0.15) is 0 Å². The molecular weight excluding hydrogens is 434 g/mol. The van der Waals surface area contributed by atoms with E-state index in [9.17, 15) is 14.4 Å². The zero-order valence-corrected chi connectivity index (χ0v) is 18.4. The van der Waals surface area contributed by atoms with Crippen molar-refractivity contribution in [2.24, 2.45) is 0 Å². The molecule has 4 rings (SSSR count). The summed E-state index contributed by atoms with van der Waals surface area (Å²) in [5, 5.41) is 2.99. The lowest BCUT2D eigenvalue weighted by atomic mass is 10.00. The van der Waals surface area contributed by atoms with Crippen molar-refractivity contribution in [2.45, 2.75) is 13.0 Å². The highest BCUT2D eigenvalue weighted by Crippen LogP contribution is 2.33. The van der Waals surface area contributed by atoms with Crippen molar-refractivity contribution in [2.75, 3.05) is 26.2 Å². The molecular formula is C23H22ClN3O3S. The predicted molar refractivity (Wildman–Crippen MR) is 123 cm³/mol. The van der Waals surface area contributed by atoms with Gasteiger partial charge in [-0.25, -0.2) is 0 Å². The van der Waals surface area contributed by atoms with Crippen LogP contribution in [0, 0.1) is 0 Å². The summed E-state index contributed by atoms with van der Waals surface area (Å²) in [4.78, 5) is 40.8. The molecule has 0 spiro atoms. The summed E-state index contributed by atoms with van der Waals surface area (Å²) in [6.07, 6.45) is 2.55. The minimum absolute atomic E-state index is 0.113. The Bertz CT molecular complexity index is 1060. The Morgan fingerprint density at radius 1 is 1.10 bits per heavy atom. The van der Waals surface area contributed by atoms with Gasteiger partial charge in [0.15, 0.2) is 0 Å². The van der Waals surface area contributed by atoms with Gasteiger partial charge in [-0.1, -0.05) is 54.1 Å². The first-order chi connectivity index (χ1) is 15.0. The Morgan fingerprint density at radius 2 is 1.84 bits per heavy atom. The first-order valence-corrected chi connectivity index (χ1v) is 11.3. The van der Waals surface area contributed by atoms with Crippen molar-refractivity contribution in [3.8, 4) is 0 Å². The molecule has 2 aliphatic heterocycles. The number of fused-ring (bicyclic) bond motifs is 1. The summed E-state index contributed by atoms with van der Waals surface area (Å²) in [6.45, 7) is 2.24. The van der Waals surface area contributed by atoms with E-state index in [1.807, 2.05) is 18.2 Å². The Labute approximate surface area is 190 Å². The number of nitrogens with zero attached hydrogens (tertiary/aromatic N) is 2. The number of nitrogens with one attached hydrogen (secondary N) is 1. The molecule has 0 unspecified atom stereocenters. The van der Waals surface area contributed by atoms with Crippen LogP contribution in [0.2, 0.25) is 5.02 Å². The number of imide groups is 1. The SMILES string of the molecule is O=C(CN1CCc2ccccc2C1)NCCN1C(=O)SC(=Cc2ccccc2Cl)C1=O. The molecule has 31 heavy (non-hydrogen) atoms. The topological polar surface area (TPSA) is 69.7 Å². The molecule has 160 valence electrons. The fourth-order valence-electron chi connectivity index (χ4n) is 3.68. The van der Waals surface area contributed by atoms with E-state index < -0.39 is 0 Å². The van der Waals surface area contributed by atoms with Crippen LogP contribution in [0.4, 0.5) is 4.79 Å². The molecule has 3 amide bonds. The van der Waals surface area contributed by atoms with Gasteiger partial charge in [0.05, 0.1) is 11.4 Å². The van der Waals surface area contributed by atoms with Gasteiger partial charge in [-0.2, -0.15) is 0 Å². The molecule has 0 aliphatic carbocycles. The van der Waals surface area contributed by atoms with Gasteiger partial charge in [-0.3, -0.25) is 24.2 Å². The average Bonchev–Trinajstić information content (AvgIpc) is 3.02. The number of rotatable bonds is 6. The van der Waals surface area contributed by atoms with Crippen molar-refractivity contribution < 1.29 is 14.4 Å². The van der Waals surface area contributed by atoms with Crippen LogP contribution in [0.1, 0.15) is 16.7 Å². The van der Waals surface area contributed by atoms with Gasteiger partial charge in [0.2, 0.25) is 5.91 Å². The second-order valence-corrected chi connectivity index (χ2v) is 8.83. The second kappa shape index (κ2) is 9.68. The summed E-state index contributed by atoms with van der Waals surface area (Å²) >= 11 is 7.02. The van der Waals surface area contributed by atoms with E-state index in [-0.39, 0.29) is 30.1 Å². The standard InChI is InChI=1S/C23H22ClN3O3S/c24-19-8-4-3-6-17(19)13-20-22(29)27(23(30)31-20)12-10-25-21(28)15-26-11-9-16-5-1-2-7-18(16)14-26/h1-8,13H,9-12,14-15H2,(H,25,28). The van der Waals surface area contributed by atoms with Gasteiger partial charge in [-0.05, 0) is 47.0 Å². The number of carbonyl (C=O) groups is 3. The van der Waals surface area contributed by atoms with Crippen molar-refractivity contribution in [1.29, 1.82) is 0 Å². The second-order valence-electron chi connectivity index (χ2n) is 7.43. The molecule has 0 saturated carbocycles. The number of carbonyl (C=O) groups excluding carboxylic acids is 3. The molecule has 0 bridgehead atoms. The van der Waals surface area contributed by atoms with Crippen molar-refractivity contribution in [1.82, 2.24) is 15.1 Å². The largest absolute Gasteiger partial charge is 0.353 e. The third-order valence-corrected chi connectivity index (χ3v) is 6.55. The van der Waals surface area contributed by atoms with E-state index in [1.54, 1.807) is 24.3 Å². The first kappa shape index (κ1) is 21.6. The van der Waals surface area contributed by atoms with Crippen LogP contribution < -0.4 is 5.32 Å². The highest BCUT2D eigenvalue weighted by atomic mass is 35.5. The molecule has 2 heterocycles. The molecule has 0 atom stereocenters. The van der Waals surface area contributed by atoms with Crippen molar-refractivity contribution >= 4 is 46.5 Å². The van der Waals surface area contributed by atoms with E-state index in [0.717, 1.165) is 36.2 Å². The number of hydrogen-bond donors (Lipinski definition) is 1. The van der Waals surface area contributed by atoms with Gasteiger partial charge >= 0.3 is 0 Å². The summed E-state index contributed by atoms with van der Waals surface area (Å²) in [6, 6.07) is 15.4. The molecule has 2 aromatic carbocycles. The molecule has 1 N–H and O–H groups in total. The van der Waals surface area contributed by atoms with Gasteiger partial charge in [0, 0.05) is 31.2 Å². The smallest absolute Gasteiger partial charge is 0.293 e. The van der Waals surface area contributed by atoms with Gasteiger partial charge in [-0.15, -0.1) is 0 Å². The minimum atomic E-state index is -0.364. The van der Waals surface area contributed by atoms with E-state index in [0.29, 0.717) is 22.0 Å². The molecule has 2 aromatic rings. The average molecular weight is 456 g/mol. The summed E-state index contributed by atoms with van der Waals surface area (Å²) in [5.74, 6) is -0.477. The van der Waals surface area contributed by atoms with Crippen LogP contribution in [0.15, 0.2) is 53.4 Å². The van der Waals surface area contributed by atoms with Crippen LogP contribution in [-0.4, -0.2) is 53.0 Å². The van der Waals surface area contributed by atoms with Gasteiger partial charge < -0.3 is 5.32 Å². The molecule has 1 saturated heterocycles. The third-order valence-electron chi connectivity index (χ3n) is 5.30. The van der Waals surface area contributed by atoms with E-state index in [4.69, 9.17) is 11.6 Å². The van der Waals surface area contributed by atoms with E-state index in [1.165, 1.54) is 11.1 Å². The number of halogens is 1. The Morgan fingerprint density at radius 3 is 2.65 bits per heavy atom. The molecule has 8 heteroatoms. The van der Waals surface area contributed by atoms with Crippen LogP contribution in [-0.2, 0) is 22.6 Å². The Kier molecular flexibility index (Phi) is 6.75. The lowest BCUT2D eigenvalue weighted by Crippen LogP contribution is -2.42. The fourth-order valence-corrected chi connectivity index (χ4v) is 4.73. The summed E-state index contributed by atoms with van der Waals surface area (Å²) < 4.78 is 0. The monoisotopic (exact) mass is 455 g/mol. The lowest BCUT2D eigenvalue weighted by molar-refractivity contribution is -0.124. The van der Waals surface area contributed by atoms with Crippen LogP contribution in [0.5, 0.6) is 0 Å². The summed E-state index contributed by atoms with van der Waals surface area (Å²) in [7, 11) is 0. The Hall–Kier alpha value is -2.61. The minimum Gasteiger partial charge on any atom is -0.353 e. The molecule has 0 radical (unpaired) electrons. The number of thioether (sulfide) groups is 1. The Balaban J connectivity index is 1.27. The van der Waals surface area contributed by atoms with Crippen molar-refractivity contribution in [3.05, 3.63) is 75.1 Å². The predicted octanol–water partition coefficient (Wildman–Crippen LogP) is 3.55. The normalized spacial score (nSPS) is 17.8. The maximum atomic E-state index is 12.6. The van der Waals surface area contributed by atoms with Crippen LogP contribution in [0.25, 0.3) is 6.08 Å². The lowest BCUT2D eigenvalue weighted by Gasteiger charge is -2.28. The first-order valence-electron chi connectivity index (χ1n) is 10.1. The quantitative estimate of drug-likeness (QED) is 0.674. The number of benzene rings is 2. The third kappa shape index (κ3) is 5.18. The van der Waals surface area contributed by atoms with Crippen LogP contribution >= 0.6 is 23.4 Å². The highest BCUT2D eigenvalue weighted by molar-refractivity contribution is 8.18. The maximum absolute atomic E-state index is 12.6. The van der Waals surface area contributed by atoms with E-state index >= 15 is 0 Å². The summed E-state index contributed by atoms with van der Waals surface area (Å²) in [5.41, 5.74) is 3.28. The number of hydrogen-bond acceptors (Lipinski definition) is 5. The number of amides is 3. The molecule has 1 fully saturated rings.